The van der Waals surface area contributed by atoms with Crippen LogP contribution in [0.15, 0.2) is 46.8 Å². The number of fused-ring (bicyclic) bond motifs is 1. The van der Waals surface area contributed by atoms with Crippen LogP contribution in [0.25, 0.3) is 11.0 Å². The zero-order valence-electron chi connectivity index (χ0n) is 19.9. The van der Waals surface area contributed by atoms with Crippen LogP contribution in [-0.2, 0) is 28.5 Å². The van der Waals surface area contributed by atoms with E-state index < -0.39 is 6.29 Å². The summed E-state index contributed by atoms with van der Waals surface area (Å²) in [5.74, 6) is -0.365. The summed E-state index contributed by atoms with van der Waals surface area (Å²) >= 11 is 0. The summed E-state index contributed by atoms with van der Waals surface area (Å²) in [5.41, 5.74) is 1.76. The Labute approximate surface area is 199 Å². The largest absolute Gasteiger partial charge is 0.464 e. The Hall–Kier alpha value is -2.43. The molecule has 9 nitrogen and oxygen atoms in total. The molecule has 9 heteroatoms. The zero-order valence-corrected chi connectivity index (χ0v) is 19.9. The number of hydrogen-bond acceptors (Lipinski definition) is 8. The highest BCUT2D eigenvalue weighted by Crippen LogP contribution is 2.41. The van der Waals surface area contributed by atoms with E-state index in [-0.39, 0.29) is 30.1 Å². The number of aliphatic hydroxyl groups excluding tert-OH is 1. The van der Waals surface area contributed by atoms with Gasteiger partial charge in [0.2, 0.25) is 6.29 Å². The molecule has 3 atom stereocenters. The number of rotatable bonds is 15. The van der Waals surface area contributed by atoms with E-state index in [0.29, 0.717) is 52.6 Å². The summed E-state index contributed by atoms with van der Waals surface area (Å²) in [5, 5.41) is 12.6. The van der Waals surface area contributed by atoms with Gasteiger partial charge in [-0.05, 0) is 25.5 Å². The fourth-order valence-electron chi connectivity index (χ4n) is 4.01. The molecule has 0 spiro atoms. The fourth-order valence-corrected chi connectivity index (χ4v) is 4.01. The van der Waals surface area contributed by atoms with Crippen LogP contribution in [-0.4, -0.2) is 77.2 Å². The minimum atomic E-state index is -0.619. The number of furan rings is 1. The molecule has 0 saturated heterocycles. The van der Waals surface area contributed by atoms with Crippen LogP contribution in [0.2, 0.25) is 0 Å². The molecule has 1 aliphatic heterocycles. The second-order valence-corrected chi connectivity index (χ2v) is 7.84. The number of allylic oxidation sites excluding steroid dienone is 1. The van der Waals surface area contributed by atoms with Crippen LogP contribution in [0.1, 0.15) is 24.8 Å². The van der Waals surface area contributed by atoms with Crippen molar-refractivity contribution < 1.29 is 38.0 Å². The van der Waals surface area contributed by atoms with E-state index in [1.165, 1.54) is 0 Å². The maximum absolute atomic E-state index is 12.8. The first-order valence-corrected chi connectivity index (χ1v) is 11.7. The number of para-hydroxylation sites is 1. The molecule has 0 bridgehead atoms. The lowest BCUT2D eigenvalue weighted by Gasteiger charge is -2.36. The lowest BCUT2D eigenvalue weighted by molar-refractivity contribution is -0.168. The molecule has 0 saturated carbocycles. The predicted octanol–water partition coefficient (Wildman–Crippen LogP) is 2.59. The van der Waals surface area contributed by atoms with Gasteiger partial charge in [0, 0.05) is 49.7 Å². The van der Waals surface area contributed by atoms with Gasteiger partial charge in [-0.2, -0.15) is 0 Å². The van der Waals surface area contributed by atoms with E-state index in [1.54, 1.807) is 13.4 Å². The van der Waals surface area contributed by atoms with Gasteiger partial charge in [-0.1, -0.05) is 18.2 Å². The van der Waals surface area contributed by atoms with E-state index in [9.17, 15) is 4.79 Å². The highest BCUT2D eigenvalue weighted by atomic mass is 16.7. The molecule has 1 aromatic heterocycles. The summed E-state index contributed by atoms with van der Waals surface area (Å²) in [6.45, 7) is 4.72. The number of carbonyl (C=O) groups excluding carboxylic acids is 1. The van der Waals surface area contributed by atoms with Crippen molar-refractivity contribution in [3.8, 4) is 0 Å². The van der Waals surface area contributed by atoms with Crippen molar-refractivity contribution in [2.45, 2.75) is 25.6 Å². The summed E-state index contributed by atoms with van der Waals surface area (Å²) in [6, 6.07) is 7.83. The molecular formula is C25H35NO8. The Kier molecular flexibility index (Phi) is 10.8. The molecule has 2 aromatic rings. The lowest BCUT2D eigenvalue weighted by Crippen LogP contribution is -2.40. The van der Waals surface area contributed by atoms with E-state index in [4.69, 9.17) is 33.2 Å². The molecule has 0 unspecified atom stereocenters. The van der Waals surface area contributed by atoms with Gasteiger partial charge in [0.15, 0.2) is 5.76 Å². The van der Waals surface area contributed by atoms with Crippen LogP contribution in [0.5, 0.6) is 0 Å². The van der Waals surface area contributed by atoms with E-state index in [2.05, 4.69) is 5.32 Å². The molecule has 1 aromatic carbocycles. The molecule has 0 fully saturated rings. The standard InChI is InChI=1S/C25H35NO8/c1-3-32-25-19(8-11-30-14-15-31-13-10-27)20(16-23(34-25)24(28)26-9-12-29-2)21-17-33-22-7-5-4-6-18(21)22/h4-7,16-17,19-20,25,27H,3,8-15H2,1-2H3,(H,26,28)/t19-,20+,25-/m1/s1. The van der Waals surface area contributed by atoms with E-state index >= 15 is 0 Å². The number of ether oxygens (including phenoxy) is 5. The van der Waals surface area contributed by atoms with Gasteiger partial charge in [-0.15, -0.1) is 0 Å². The maximum atomic E-state index is 12.8. The smallest absolute Gasteiger partial charge is 0.286 e. The molecular weight excluding hydrogens is 442 g/mol. The summed E-state index contributed by atoms with van der Waals surface area (Å²) in [6.07, 6.45) is 3.62. The number of methoxy groups -OCH3 is 1. The third kappa shape index (κ3) is 7.04. The van der Waals surface area contributed by atoms with Gasteiger partial charge in [0.25, 0.3) is 5.91 Å². The van der Waals surface area contributed by atoms with Crippen molar-refractivity contribution in [2.24, 2.45) is 5.92 Å². The minimum absolute atomic E-state index is 0.0104. The van der Waals surface area contributed by atoms with Crippen molar-refractivity contribution in [3.05, 3.63) is 47.9 Å². The monoisotopic (exact) mass is 477 g/mol. The Balaban J connectivity index is 1.82. The minimum Gasteiger partial charge on any atom is -0.464 e. The SMILES string of the molecule is CCO[C@@H]1OC(C(=O)NCCOC)=C[C@H](c2coc3ccccc23)[C@H]1CCOCCOCCO. The van der Waals surface area contributed by atoms with Gasteiger partial charge in [0.05, 0.1) is 39.3 Å². The van der Waals surface area contributed by atoms with Crippen LogP contribution in [0, 0.1) is 5.92 Å². The fraction of sp³-hybridized carbons (Fsp3) is 0.560. The van der Waals surface area contributed by atoms with Crippen LogP contribution in [0.4, 0.5) is 0 Å². The molecule has 1 aliphatic rings. The summed E-state index contributed by atoms with van der Waals surface area (Å²) < 4.78 is 33.8. The van der Waals surface area contributed by atoms with Gasteiger partial charge >= 0.3 is 0 Å². The number of hydrogen-bond donors (Lipinski definition) is 2. The van der Waals surface area contributed by atoms with Crippen LogP contribution in [0.3, 0.4) is 0 Å². The molecule has 0 aliphatic carbocycles. The zero-order chi connectivity index (χ0) is 24.2. The lowest BCUT2D eigenvalue weighted by atomic mass is 9.81. The van der Waals surface area contributed by atoms with Crippen molar-refractivity contribution in [2.75, 3.05) is 59.9 Å². The first-order valence-electron chi connectivity index (χ1n) is 11.7. The molecule has 2 N–H and O–H groups in total. The Morgan fingerprint density at radius 3 is 2.68 bits per heavy atom. The van der Waals surface area contributed by atoms with Crippen molar-refractivity contribution in [1.29, 1.82) is 0 Å². The number of carbonyl (C=O) groups is 1. The number of nitrogens with one attached hydrogen (secondary N) is 1. The number of amides is 1. The second-order valence-electron chi connectivity index (χ2n) is 7.84. The highest BCUT2D eigenvalue weighted by molar-refractivity contribution is 5.92. The molecule has 1 amide bonds. The van der Waals surface area contributed by atoms with Crippen molar-refractivity contribution in [3.63, 3.8) is 0 Å². The first kappa shape index (κ1) is 26.2. The Morgan fingerprint density at radius 2 is 1.91 bits per heavy atom. The molecule has 188 valence electrons. The molecule has 2 heterocycles. The average molecular weight is 478 g/mol. The second kappa shape index (κ2) is 14.1. The van der Waals surface area contributed by atoms with Gasteiger partial charge in [-0.3, -0.25) is 4.79 Å². The molecule has 0 radical (unpaired) electrons. The van der Waals surface area contributed by atoms with Crippen LogP contribution >= 0.6 is 0 Å². The van der Waals surface area contributed by atoms with E-state index in [0.717, 1.165) is 16.5 Å². The number of aliphatic hydroxyl groups is 1. The van der Waals surface area contributed by atoms with Crippen molar-refractivity contribution in [1.82, 2.24) is 5.32 Å². The molecule has 34 heavy (non-hydrogen) atoms. The molecule has 3 rings (SSSR count). The quantitative estimate of drug-likeness (QED) is 0.377. The highest BCUT2D eigenvalue weighted by Gasteiger charge is 2.39. The van der Waals surface area contributed by atoms with Gasteiger partial charge in [-0.25, -0.2) is 0 Å². The number of benzene rings is 1. The van der Waals surface area contributed by atoms with E-state index in [1.807, 2.05) is 37.3 Å². The maximum Gasteiger partial charge on any atom is 0.286 e. The third-order valence-corrected chi connectivity index (χ3v) is 5.60. The summed E-state index contributed by atoms with van der Waals surface area (Å²) in [7, 11) is 1.58. The summed E-state index contributed by atoms with van der Waals surface area (Å²) in [4.78, 5) is 12.8. The Morgan fingerprint density at radius 1 is 1.12 bits per heavy atom. The van der Waals surface area contributed by atoms with Gasteiger partial charge in [0.1, 0.15) is 5.58 Å². The van der Waals surface area contributed by atoms with Gasteiger partial charge < -0.3 is 38.5 Å². The van der Waals surface area contributed by atoms with Crippen LogP contribution < -0.4 is 5.32 Å². The first-order chi connectivity index (χ1) is 16.7. The topological polar surface area (TPSA) is 109 Å². The predicted molar refractivity (Wildman–Crippen MR) is 125 cm³/mol. The Bertz CT molecular complexity index is 911. The average Bonchev–Trinajstić information content (AvgIpc) is 3.28. The van der Waals surface area contributed by atoms with Crippen molar-refractivity contribution >= 4 is 16.9 Å². The normalized spacial score (nSPS) is 20.2. The third-order valence-electron chi connectivity index (χ3n) is 5.60.